The highest BCUT2D eigenvalue weighted by Gasteiger charge is 2.21. The number of benzene rings is 2. The van der Waals surface area contributed by atoms with Crippen molar-refractivity contribution in [3.8, 4) is 22.8 Å². The van der Waals surface area contributed by atoms with Crippen molar-refractivity contribution in [3.63, 3.8) is 0 Å². The van der Waals surface area contributed by atoms with Crippen LogP contribution in [0, 0.1) is 0 Å². The highest BCUT2D eigenvalue weighted by molar-refractivity contribution is 7.15. The van der Waals surface area contributed by atoms with Gasteiger partial charge in [-0.25, -0.2) is 9.98 Å². The fourth-order valence-electron chi connectivity index (χ4n) is 2.83. The highest BCUT2D eigenvalue weighted by atomic mass is 32.1. The smallest absolute Gasteiger partial charge is 0.209 e. The van der Waals surface area contributed by atoms with E-state index in [0.29, 0.717) is 0 Å². The molecule has 3 aromatic rings. The van der Waals surface area contributed by atoms with Crippen LogP contribution in [-0.2, 0) is 12.8 Å². The van der Waals surface area contributed by atoms with Crippen LogP contribution in [0.1, 0.15) is 16.0 Å². The molecule has 0 fully saturated rings. The Balaban J connectivity index is 1.67. The van der Waals surface area contributed by atoms with Crippen LogP contribution in [0.5, 0.6) is 11.5 Å². The Morgan fingerprint density at radius 2 is 2.00 bits per heavy atom. The van der Waals surface area contributed by atoms with Crippen molar-refractivity contribution in [2.75, 3.05) is 7.11 Å². The second-order valence-corrected chi connectivity index (χ2v) is 6.70. The van der Waals surface area contributed by atoms with Crippen LogP contribution in [0.2, 0.25) is 0 Å². The van der Waals surface area contributed by atoms with E-state index in [-0.39, 0.29) is 5.75 Å². The van der Waals surface area contributed by atoms with Crippen LogP contribution >= 0.6 is 11.3 Å². The summed E-state index contributed by atoms with van der Waals surface area (Å²) in [4.78, 5) is 10.5. The van der Waals surface area contributed by atoms with E-state index in [4.69, 9.17) is 9.72 Å². The molecule has 0 amide bonds. The summed E-state index contributed by atoms with van der Waals surface area (Å²) >= 11 is 1.64. The number of fused-ring (bicyclic) bond motifs is 3. The fraction of sp³-hybridized carbons (Fsp3) is 0.158. The minimum atomic E-state index is 0.252. The molecule has 5 heteroatoms. The molecule has 4 nitrogen and oxygen atoms in total. The molecule has 1 heterocycles. The summed E-state index contributed by atoms with van der Waals surface area (Å²) in [5, 5.41) is 10.1. The van der Waals surface area contributed by atoms with E-state index in [2.05, 4.69) is 17.1 Å². The molecular formula is C19H16N2O2S. The Labute approximate surface area is 144 Å². The maximum absolute atomic E-state index is 9.32. The van der Waals surface area contributed by atoms with Gasteiger partial charge < -0.3 is 9.84 Å². The van der Waals surface area contributed by atoms with Gasteiger partial charge in [0.1, 0.15) is 11.5 Å². The van der Waals surface area contributed by atoms with E-state index in [0.717, 1.165) is 40.5 Å². The maximum Gasteiger partial charge on any atom is 0.209 e. The van der Waals surface area contributed by atoms with Gasteiger partial charge in [-0.3, -0.25) is 0 Å². The zero-order valence-corrected chi connectivity index (χ0v) is 14.0. The number of aliphatic imine (C=N–C) groups is 1. The standard InChI is InChI=1S/C19H16N2O2S/c1-23-15-8-4-13-5-9-17-18(16(13)10-15)21-19(24-17)20-11-12-2-6-14(22)7-3-12/h2-4,6-8,10-11,22H,5,9H2,1H3/b20-11+. The van der Waals surface area contributed by atoms with Crippen molar-refractivity contribution >= 4 is 22.7 Å². The first-order chi connectivity index (χ1) is 11.7. The van der Waals surface area contributed by atoms with Gasteiger partial charge in [-0.2, -0.15) is 0 Å². The van der Waals surface area contributed by atoms with Gasteiger partial charge in [0.25, 0.3) is 0 Å². The molecule has 0 aliphatic heterocycles. The van der Waals surface area contributed by atoms with E-state index < -0.39 is 0 Å². The maximum atomic E-state index is 9.32. The van der Waals surface area contributed by atoms with E-state index in [1.54, 1.807) is 36.8 Å². The second-order valence-electron chi connectivity index (χ2n) is 5.64. The number of methoxy groups -OCH3 is 1. The molecule has 2 aromatic carbocycles. The number of aryl methyl sites for hydroxylation is 2. The van der Waals surface area contributed by atoms with Crippen LogP contribution in [-0.4, -0.2) is 23.4 Å². The third-order valence-electron chi connectivity index (χ3n) is 4.10. The predicted octanol–water partition coefficient (Wildman–Crippen LogP) is 4.37. The summed E-state index contributed by atoms with van der Waals surface area (Å²) < 4.78 is 5.34. The number of aromatic hydroxyl groups is 1. The monoisotopic (exact) mass is 336 g/mol. The lowest BCUT2D eigenvalue weighted by atomic mass is 9.93. The summed E-state index contributed by atoms with van der Waals surface area (Å²) in [5.41, 5.74) is 4.42. The normalized spacial score (nSPS) is 12.9. The number of thiazole rings is 1. The van der Waals surface area contributed by atoms with Crippen LogP contribution in [0.3, 0.4) is 0 Å². The van der Waals surface area contributed by atoms with E-state index in [9.17, 15) is 5.11 Å². The Morgan fingerprint density at radius 3 is 2.79 bits per heavy atom. The molecule has 0 atom stereocenters. The lowest BCUT2D eigenvalue weighted by molar-refractivity contribution is 0.415. The number of hydrogen-bond donors (Lipinski definition) is 1. The van der Waals surface area contributed by atoms with Gasteiger partial charge in [0.15, 0.2) is 0 Å². The van der Waals surface area contributed by atoms with Gasteiger partial charge in [-0.15, -0.1) is 0 Å². The van der Waals surface area contributed by atoms with Crippen molar-refractivity contribution in [2.24, 2.45) is 4.99 Å². The van der Waals surface area contributed by atoms with Crippen molar-refractivity contribution < 1.29 is 9.84 Å². The first kappa shape index (κ1) is 14.9. The van der Waals surface area contributed by atoms with Crippen molar-refractivity contribution in [1.29, 1.82) is 0 Å². The number of phenols is 1. The van der Waals surface area contributed by atoms with E-state index in [1.165, 1.54) is 10.4 Å². The molecule has 0 saturated heterocycles. The van der Waals surface area contributed by atoms with Crippen LogP contribution in [0.25, 0.3) is 11.3 Å². The van der Waals surface area contributed by atoms with Gasteiger partial charge in [-0.1, -0.05) is 17.4 Å². The Morgan fingerprint density at radius 1 is 1.17 bits per heavy atom. The summed E-state index contributed by atoms with van der Waals surface area (Å²) in [7, 11) is 1.68. The van der Waals surface area contributed by atoms with Crippen LogP contribution in [0.4, 0.5) is 5.13 Å². The van der Waals surface area contributed by atoms with Gasteiger partial charge in [0, 0.05) is 16.7 Å². The summed E-state index contributed by atoms with van der Waals surface area (Å²) in [6.45, 7) is 0. The van der Waals surface area contributed by atoms with Gasteiger partial charge in [0.2, 0.25) is 5.13 Å². The molecular weight excluding hydrogens is 320 g/mol. The lowest BCUT2D eigenvalue weighted by Gasteiger charge is -2.15. The Bertz CT molecular complexity index is 914. The molecule has 1 N–H and O–H groups in total. The molecule has 0 unspecified atom stereocenters. The molecule has 4 rings (SSSR count). The third-order valence-corrected chi connectivity index (χ3v) is 5.12. The third kappa shape index (κ3) is 2.78. The van der Waals surface area contributed by atoms with Crippen molar-refractivity contribution in [1.82, 2.24) is 4.98 Å². The number of aromatic nitrogens is 1. The van der Waals surface area contributed by atoms with Crippen molar-refractivity contribution in [3.05, 3.63) is 58.5 Å². The fourth-order valence-corrected chi connectivity index (χ4v) is 3.75. The average Bonchev–Trinajstić information content (AvgIpc) is 3.04. The minimum absolute atomic E-state index is 0.252. The number of ether oxygens (including phenoxy) is 1. The second kappa shape index (κ2) is 6.09. The van der Waals surface area contributed by atoms with Crippen LogP contribution < -0.4 is 4.74 Å². The Hall–Kier alpha value is -2.66. The van der Waals surface area contributed by atoms with Crippen molar-refractivity contribution in [2.45, 2.75) is 12.8 Å². The number of phenolic OH excluding ortho intramolecular Hbond substituents is 1. The van der Waals surface area contributed by atoms with E-state index in [1.807, 2.05) is 18.2 Å². The number of rotatable bonds is 3. The molecule has 24 heavy (non-hydrogen) atoms. The quantitative estimate of drug-likeness (QED) is 0.723. The molecule has 0 radical (unpaired) electrons. The Kier molecular flexibility index (Phi) is 3.78. The molecule has 1 aliphatic carbocycles. The molecule has 1 aromatic heterocycles. The summed E-state index contributed by atoms with van der Waals surface area (Å²) in [6, 6.07) is 13.1. The first-order valence-corrected chi connectivity index (χ1v) is 8.54. The SMILES string of the molecule is COc1ccc2c(c1)-c1nc(/N=C/c3ccc(O)cc3)sc1CC2. The zero-order valence-electron chi connectivity index (χ0n) is 13.2. The molecule has 0 bridgehead atoms. The van der Waals surface area contributed by atoms with Gasteiger partial charge in [0.05, 0.1) is 12.8 Å². The molecule has 120 valence electrons. The van der Waals surface area contributed by atoms with Gasteiger partial charge in [-0.05, 0) is 60.4 Å². The summed E-state index contributed by atoms with van der Waals surface area (Å²) in [6.07, 6.45) is 3.80. The predicted molar refractivity (Wildman–Crippen MR) is 96.9 cm³/mol. The minimum Gasteiger partial charge on any atom is -0.508 e. The van der Waals surface area contributed by atoms with Crippen LogP contribution in [0.15, 0.2) is 47.5 Å². The number of hydrogen-bond acceptors (Lipinski definition) is 5. The number of nitrogens with zero attached hydrogens (tertiary/aromatic N) is 2. The average molecular weight is 336 g/mol. The summed E-state index contributed by atoms with van der Waals surface area (Å²) in [5.74, 6) is 1.10. The van der Waals surface area contributed by atoms with Gasteiger partial charge >= 0.3 is 0 Å². The highest BCUT2D eigenvalue weighted by Crippen LogP contribution is 2.40. The topological polar surface area (TPSA) is 54.7 Å². The van der Waals surface area contributed by atoms with E-state index >= 15 is 0 Å². The first-order valence-electron chi connectivity index (χ1n) is 7.73. The zero-order chi connectivity index (χ0) is 16.5. The largest absolute Gasteiger partial charge is 0.508 e. The lowest BCUT2D eigenvalue weighted by Crippen LogP contribution is -2.02. The molecule has 0 saturated carbocycles. The molecule has 0 spiro atoms. The molecule has 1 aliphatic rings.